The summed E-state index contributed by atoms with van der Waals surface area (Å²) in [4.78, 5) is 24.6. The van der Waals surface area contributed by atoms with E-state index in [1.165, 1.54) is 16.7 Å². The zero-order valence-corrected chi connectivity index (χ0v) is 12.0. The fourth-order valence-corrected chi connectivity index (χ4v) is 3.76. The number of rotatable bonds is 2. The van der Waals surface area contributed by atoms with Gasteiger partial charge in [-0.1, -0.05) is 27.7 Å². The predicted molar refractivity (Wildman–Crippen MR) is 70.5 cm³/mol. The van der Waals surface area contributed by atoms with Crippen molar-refractivity contribution in [2.45, 2.75) is 39.8 Å². The first-order valence-electron chi connectivity index (χ1n) is 6.07. The molecule has 0 radical (unpaired) electrons. The Kier molecular flexibility index (Phi) is 3.04. The maximum atomic E-state index is 12.1. The number of amides is 2. The van der Waals surface area contributed by atoms with Gasteiger partial charge in [-0.05, 0) is 10.8 Å². The molecule has 2 fully saturated rings. The molecule has 18 heavy (non-hydrogen) atoms. The van der Waals surface area contributed by atoms with E-state index in [4.69, 9.17) is 5.11 Å². The highest BCUT2D eigenvalue weighted by atomic mass is 32.2. The maximum Gasteiger partial charge on any atom is 0.327 e. The van der Waals surface area contributed by atoms with E-state index in [-0.39, 0.29) is 22.9 Å². The molecule has 1 heterocycles. The molecule has 2 aliphatic rings. The Bertz CT molecular complexity index is 381. The molecule has 1 aliphatic carbocycles. The molecule has 2 N–H and O–H groups in total. The molecule has 2 amide bonds. The highest BCUT2D eigenvalue weighted by molar-refractivity contribution is 7.99. The molecule has 0 spiro atoms. The van der Waals surface area contributed by atoms with Gasteiger partial charge in [0.05, 0.1) is 5.88 Å². The molecule has 1 saturated carbocycles. The monoisotopic (exact) mass is 272 g/mol. The van der Waals surface area contributed by atoms with Crippen molar-refractivity contribution in [2.24, 2.45) is 10.8 Å². The summed E-state index contributed by atoms with van der Waals surface area (Å²) < 4.78 is 0. The van der Waals surface area contributed by atoms with Crippen molar-refractivity contribution >= 4 is 23.8 Å². The number of thioether (sulfide) groups is 1. The Hall–Kier alpha value is -0.910. The predicted octanol–water partition coefficient (Wildman–Crippen LogP) is 1.59. The van der Waals surface area contributed by atoms with Crippen molar-refractivity contribution in [1.82, 2.24) is 10.2 Å². The molecule has 102 valence electrons. The number of carbonyl (C=O) groups excluding carboxylic acids is 1. The molecular formula is C12H20N2O3S. The number of hydrogen-bond acceptors (Lipinski definition) is 3. The van der Waals surface area contributed by atoms with Crippen LogP contribution < -0.4 is 5.32 Å². The topological polar surface area (TPSA) is 69.6 Å². The molecule has 0 bridgehead atoms. The van der Waals surface area contributed by atoms with Gasteiger partial charge in [0.25, 0.3) is 0 Å². The fourth-order valence-electron chi connectivity index (χ4n) is 2.61. The van der Waals surface area contributed by atoms with Crippen molar-refractivity contribution in [1.29, 1.82) is 0 Å². The average molecular weight is 272 g/mol. The quantitative estimate of drug-likeness (QED) is 0.801. The zero-order chi connectivity index (χ0) is 13.7. The van der Waals surface area contributed by atoms with Crippen LogP contribution in [0.4, 0.5) is 4.79 Å². The van der Waals surface area contributed by atoms with Gasteiger partial charge in [0.1, 0.15) is 6.04 Å². The Morgan fingerprint density at radius 3 is 2.28 bits per heavy atom. The van der Waals surface area contributed by atoms with Gasteiger partial charge >= 0.3 is 12.0 Å². The molecule has 6 heteroatoms. The van der Waals surface area contributed by atoms with E-state index in [1.807, 2.05) is 0 Å². The highest BCUT2D eigenvalue weighted by Crippen LogP contribution is 2.62. The summed E-state index contributed by atoms with van der Waals surface area (Å²) in [5, 5.41) is 12.0. The van der Waals surface area contributed by atoms with Gasteiger partial charge < -0.3 is 15.3 Å². The van der Waals surface area contributed by atoms with Crippen LogP contribution in [0.1, 0.15) is 27.7 Å². The van der Waals surface area contributed by atoms with E-state index < -0.39 is 12.0 Å². The molecule has 2 rings (SSSR count). The zero-order valence-electron chi connectivity index (χ0n) is 11.2. The van der Waals surface area contributed by atoms with Crippen LogP contribution in [0.2, 0.25) is 0 Å². The number of hydrogen-bond donors (Lipinski definition) is 2. The summed E-state index contributed by atoms with van der Waals surface area (Å²) in [6.45, 7) is 8.47. The number of aliphatic carboxylic acids is 1. The van der Waals surface area contributed by atoms with Crippen molar-refractivity contribution in [3.05, 3.63) is 0 Å². The van der Waals surface area contributed by atoms with Gasteiger partial charge in [0.2, 0.25) is 0 Å². The van der Waals surface area contributed by atoms with Crippen LogP contribution in [0.3, 0.4) is 0 Å². The van der Waals surface area contributed by atoms with Crippen LogP contribution in [0, 0.1) is 10.8 Å². The maximum absolute atomic E-state index is 12.1. The minimum absolute atomic E-state index is 0.0637. The number of carboxylic acids is 1. The number of nitrogens with zero attached hydrogens (tertiary/aromatic N) is 1. The van der Waals surface area contributed by atoms with Gasteiger partial charge in [-0.25, -0.2) is 9.59 Å². The minimum atomic E-state index is -0.926. The van der Waals surface area contributed by atoms with Crippen LogP contribution >= 0.6 is 11.8 Å². The molecule has 0 aromatic rings. The van der Waals surface area contributed by atoms with Crippen molar-refractivity contribution in [3.8, 4) is 0 Å². The third-order valence-electron chi connectivity index (χ3n) is 4.72. The summed E-state index contributed by atoms with van der Waals surface area (Å²) in [6.07, 6.45) is 0. The minimum Gasteiger partial charge on any atom is -0.480 e. The molecule has 0 aromatic carbocycles. The molecule has 1 saturated heterocycles. The van der Waals surface area contributed by atoms with E-state index in [0.717, 1.165) is 0 Å². The third kappa shape index (κ3) is 1.86. The number of carbonyl (C=O) groups is 2. The molecule has 5 nitrogen and oxygen atoms in total. The molecule has 1 atom stereocenters. The third-order valence-corrected chi connectivity index (χ3v) is 5.73. The smallest absolute Gasteiger partial charge is 0.327 e. The van der Waals surface area contributed by atoms with E-state index in [1.54, 1.807) is 0 Å². The molecular weight excluding hydrogens is 252 g/mol. The van der Waals surface area contributed by atoms with E-state index in [2.05, 4.69) is 33.0 Å². The molecule has 0 unspecified atom stereocenters. The summed E-state index contributed by atoms with van der Waals surface area (Å²) in [5.41, 5.74) is 0.127. The Labute approximate surface area is 111 Å². The number of urea groups is 1. The lowest BCUT2D eigenvalue weighted by Gasteiger charge is -2.21. The van der Waals surface area contributed by atoms with E-state index >= 15 is 0 Å². The van der Waals surface area contributed by atoms with Gasteiger partial charge in [-0.2, -0.15) is 0 Å². The average Bonchev–Trinajstić information content (AvgIpc) is 2.68. The lowest BCUT2D eigenvalue weighted by molar-refractivity contribution is -0.140. The lowest BCUT2D eigenvalue weighted by atomic mass is 10.0. The Morgan fingerprint density at radius 2 is 1.83 bits per heavy atom. The highest BCUT2D eigenvalue weighted by Gasteiger charge is 2.65. The van der Waals surface area contributed by atoms with E-state index in [0.29, 0.717) is 11.6 Å². The summed E-state index contributed by atoms with van der Waals surface area (Å²) in [5.74, 6) is 0.000746. The first kappa shape index (κ1) is 13.5. The summed E-state index contributed by atoms with van der Waals surface area (Å²) in [7, 11) is 0. The van der Waals surface area contributed by atoms with Crippen molar-refractivity contribution < 1.29 is 14.7 Å². The number of nitrogens with one attached hydrogen (secondary N) is 1. The summed E-state index contributed by atoms with van der Waals surface area (Å²) >= 11 is 1.48. The van der Waals surface area contributed by atoms with Gasteiger partial charge in [0.15, 0.2) is 0 Å². The van der Waals surface area contributed by atoms with Crippen LogP contribution in [0.25, 0.3) is 0 Å². The standard InChI is InChI=1S/C12H20N2O3S/c1-11(2)9(12(11,3)4)13-10(17)14-6-18-5-7(14)8(15)16/h7,9H,5-6H2,1-4H3,(H,13,17)(H,15,16)/t7-/m0/s1. The Morgan fingerprint density at radius 1 is 1.28 bits per heavy atom. The first-order valence-corrected chi connectivity index (χ1v) is 7.22. The second kappa shape index (κ2) is 4.05. The van der Waals surface area contributed by atoms with E-state index in [9.17, 15) is 9.59 Å². The van der Waals surface area contributed by atoms with Crippen molar-refractivity contribution in [2.75, 3.05) is 11.6 Å². The fraction of sp³-hybridized carbons (Fsp3) is 0.833. The normalized spacial score (nSPS) is 29.1. The largest absolute Gasteiger partial charge is 0.480 e. The van der Waals surface area contributed by atoms with Gasteiger partial charge in [-0.15, -0.1) is 11.8 Å². The molecule has 0 aromatic heterocycles. The molecule has 1 aliphatic heterocycles. The van der Waals surface area contributed by atoms with Gasteiger partial charge in [0, 0.05) is 11.8 Å². The summed E-state index contributed by atoms with van der Waals surface area (Å²) in [6, 6.07) is -0.839. The lowest BCUT2D eigenvalue weighted by Crippen LogP contribution is -2.48. The Balaban J connectivity index is 2.00. The second-order valence-corrected chi connectivity index (χ2v) is 7.15. The first-order chi connectivity index (χ1) is 8.19. The van der Waals surface area contributed by atoms with Crippen LogP contribution in [0.15, 0.2) is 0 Å². The van der Waals surface area contributed by atoms with Crippen LogP contribution in [-0.2, 0) is 4.79 Å². The SMILES string of the molecule is CC1(C)C(NC(=O)N2CSC[C@H]2C(=O)O)C1(C)C. The number of carboxylic acid groups (broad SMARTS) is 1. The second-order valence-electron chi connectivity index (χ2n) is 6.15. The van der Waals surface area contributed by atoms with Crippen LogP contribution in [0.5, 0.6) is 0 Å². The van der Waals surface area contributed by atoms with Gasteiger partial charge in [-0.3, -0.25) is 0 Å². The van der Waals surface area contributed by atoms with Crippen molar-refractivity contribution in [3.63, 3.8) is 0 Å². The van der Waals surface area contributed by atoms with Crippen LogP contribution in [-0.4, -0.2) is 45.7 Å².